The fourth-order valence-corrected chi connectivity index (χ4v) is 8.82. The Morgan fingerprint density at radius 2 is 1.18 bits per heavy atom. The van der Waals surface area contributed by atoms with Gasteiger partial charge in [-0.3, -0.25) is 0 Å². The van der Waals surface area contributed by atoms with Crippen molar-refractivity contribution in [3.05, 3.63) is 193 Å². The summed E-state index contributed by atoms with van der Waals surface area (Å²) in [4.78, 5) is 15.7. The number of ether oxygens (including phenoxy) is 1. The molecule has 2 atom stereocenters. The molecule has 0 bridgehead atoms. The first-order chi connectivity index (χ1) is 27.7. The highest BCUT2D eigenvalue weighted by atomic mass is 16.5. The number of hydrogen-bond donors (Lipinski definition) is 0. The molecule has 12 rings (SSSR count). The van der Waals surface area contributed by atoms with Crippen LogP contribution in [0.3, 0.4) is 0 Å². The number of allylic oxidation sites excluding steroid dienone is 2. The zero-order valence-corrected chi connectivity index (χ0v) is 30.1. The van der Waals surface area contributed by atoms with E-state index in [2.05, 4.69) is 152 Å². The summed E-state index contributed by atoms with van der Waals surface area (Å²) >= 11 is 0. The lowest BCUT2D eigenvalue weighted by Crippen LogP contribution is -2.22. The normalized spacial score (nSPS) is 16.2. The third-order valence-electron chi connectivity index (χ3n) is 11.4. The number of aromatic nitrogens is 3. The van der Waals surface area contributed by atoms with Crippen LogP contribution in [0.1, 0.15) is 22.9 Å². The summed E-state index contributed by atoms with van der Waals surface area (Å²) in [6.07, 6.45) is 4.27. The molecule has 0 fully saturated rings. The van der Waals surface area contributed by atoms with Gasteiger partial charge in [-0.25, -0.2) is 15.0 Å². The SMILES string of the molecule is C1=C(c2cccc3oc4cc5ccccc5cc4c23)C=C(c2nc(-c3ccccc3)nc(-c3ccc4c(ccc5ccccc54)c3)n2)C2c3ccccc3OC12. The van der Waals surface area contributed by atoms with Crippen molar-refractivity contribution >= 4 is 65.4 Å². The molecule has 5 heteroatoms. The Morgan fingerprint density at radius 3 is 2.07 bits per heavy atom. The molecule has 0 saturated heterocycles. The van der Waals surface area contributed by atoms with Crippen molar-refractivity contribution in [2.45, 2.75) is 12.0 Å². The van der Waals surface area contributed by atoms with E-state index in [4.69, 9.17) is 24.1 Å². The number of rotatable bonds is 4. The van der Waals surface area contributed by atoms with Gasteiger partial charge in [-0.1, -0.05) is 133 Å². The number of nitrogens with zero attached hydrogens (tertiary/aromatic N) is 3. The second-order valence-electron chi connectivity index (χ2n) is 14.7. The lowest BCUT2D eigenvalue weighted by Gasteiger charge is -2.25. The van der Waals surface area contributed by atoms with E-state index >= 15 is 0 Å². The highest BCUT2D eigenvalue weighted by Crippen LogP contribution is 2.50. The maximum absolute atomic E-state index is 6.75. The van der Waals surface area contributed by atoms with E-state index in [-0.39, 0.29) is 12.0 Å². The van der Waals surface area contributed by atoms with Gasteiger partial charge in [-0.2, -0.15) is 0 Å². The fraction of sp³-hybridized carbons (Fsp3) is 0.0392. The molecule has 8 aromatic carbocycles. The molecule has 3 heterocycles. The molecular formula is C51H31N3O2. The summed E-state index contributed by atoms with van der Waals surface area (Å²) in [5.41, 5.74) is 7.80. The molecule has 5 nitrogen and oxygen atoms in total. The molecule has 56 heavy (non-hydrogen) atoms. The van der Waals surface area contributed by atoms with Crippen LogP contribution < -0.4 is 4.74 Å². The van der Waals surface area contributed by atoms with Gasteiger partial charge < -0.3 is 9.15 Å². The first-order valence-corrected chi connectivity index (χ1v) is 19.0. The maximum atomic E-state index is 6.75. The third-order valence-corrected chi connectivity index (χ3v) is 11.4. The standard InChI is InChI=1S/C51H31N3O2/c1-2-12-31(13-3-1)49-52-50(35-23-24-38-34(25-35)22-21-30-11-6-7-16-37(30)38)54-51(53-49)42-27-36(29-46-48(42)40-17-8-9-19-43(40)55-46)39-18-10-20-44-47(39)41-26-32-14-4-5-15-33(32)28-45(41)56-44/h1-29,46,48H. The van der Waals surface area contributed by atoms with Crippen LogP contribution in [0.25, 0.3) is 88.2 Å². The first-order valence-electron chi connectivity index (χ1n) is 19.0. The van der Waals surface area contributed by atoms with Crippen molar-refractivity contribution in [3.63, 3.8) is 0 Å². The van der Waals surface area contributed by atoms with Gasteiger partial charge in [0.15, 0.2) is 17.5 Å². The Hall–Kier alpha value is -7.37. The molecule has 2 aromatic heterocycles. The minimum Gasteiger partial charge on any atom is -0.485 e. The van der Waals surface area contributed by atoms with Crippen LogP contribution in [-0.2, 0) is 0 Å². The van der Waals surface area contributed by atoms with E-state index < -0.39 is 0 Å². The molecule has 0 spiro atoms. The Labute approximate surface area is 321 Å². The van der Waals surface area contributed by atoms with Gasteiger partial charge in [0, 0.05) is 33.0 Å². The van der Waals surface area contributed by atoms with Crippen LogP contribution in [0.15, 0.2) is 180 Å². The smallest absolute Gasteiger partial charge is 0.164 e. The Bertz CT molecular complexity index is 3310. The monoisotopic (exact) mass is 717 g/mol. The van der Waals surface area contributed by atoms with Crippen LogP contribution in [0.2, 0.25) is 0 Å². The molecule has 0 N–H and O–H groups in total. The van der Waals surface area contributed by atoms with Crippen LogP contribution >= 0.6 is 0 Å². The molecule has 0 saturated carbocycles. The van der Waals surface area contributed by atoms with E-state index in [9.17, 15) is 0 Å². The van der Waals surface area contributed by atoms with Crippen molar-refractivity contribution in [2.75, 3.05) is 0 Å². The molecule has 1 aliphatic carbocycles. The van der Waals surface area contributed by atoms with Gasteiger partial charge in [0.25, 0.3) is 0 Å². The number of hydrogen-bond acceptors (Lipinski definition) is 5. The first kappa shape index (κ1) is 31.0. The number of fused-ring (bicyclic) bond motifs is 10. The third kappa shape index (κ3) is 4.84. The summed E-state index contributed by atoms with van der Waals surface area (Å²) in [7, 11) is 0. The van der Waals surface area contributed by atoms with Gasteiger partial charge in [0.2, 0.25) is 0 Å². The van der Waals surface area contributed by atoms with Gasteiger partial charge in [0.1, 0.15) is 23.0 Å². The summed E-state index contributed by atoms with van der Waals surface area (Å²) in [5.74, 6) is 2.65. The Kier molecular flexibility index (Phi) is 6.69. The lowest BCUT2D eigenvalue weighted by molar-refractivity contribution is 0.272. The quantitative estimate of drug-likeness (QED) is 0.170. The molecule has 0 radical (unpaired) electrons. The van der Waals surface area contributed by atoms with Crippen molar-refractivity contribution in [1.82, 2.24) is 15.0 Å². The zero-order valence-electron chi connectivity index (χ0n) is 30.1. The minimum atomic E-state index is -0.258. The van der Waals surface area contributed by atoms with Crippen molar-refractivity contribution in [2.24, 2.45) is 0 Å². The van der Waals surface area contributed by atoms with E-state index in [0.29, 0.717) is 17.5 Å². The summed E-state index contributed by atoms with van der Waals surface area (Å²) in [5, 5.41) is 9.27. The molecule has 0 amide bonds. The topological polar surface area (TPSA) is 61.0 Å². The lowest BCUT2D eigenvalue weighted by atomic mass is 9.80. The summed E-state index contributed by atoms with van der Waals surface area (Å²) in [6, 6.07) is 57.0. The maximum Gasteiger partial charge on any atom is 0.164 e. The fourth-order valence-electron chi connectivity index (χ4n) is 8.82. The number of furan rings is 1. The van der Waals surface area contributed by atoms with Crippen LogP contribution in [0.5, 0.6) is 5.75 Å². The van der Waals surface area contributed by atoms with Gasteiger partial charge in [-0.15, -0.1) is 0 Å². The Balaban J connectivity index is 1.08. The molecule has 2 unspecified atom stereocenters. The molecule has 10 aromatic rings. The predicted octanol–water partition coefficient (Wildman–Crippen LogP) is 12.6. The highest BCUT2D eigenvalue weighted by Gasteiger charge is 2.40. The van der Waals surface area contributed by atoms with Gasteiger partial charge >= 0.3 is 0 Å². The second kappa shape index (κ2) is 12.1. The summed E-state index contributed by atoms with van der Waals surface area (Å²) < 4.78 is 13.3. The number of para-hydroxylation sites is 1. The zero-order chi connectivity index (χ0) is 36.7. The molecule has 2 aliphatic rings. The van der Waals surface area contributed by atoms with Crippen LogP contribution in [-0.4, -0.2) is 21.1 Å². The van der Waals surface area contributed by atoms with E-state index in [1.807, 2.05) is 24.3 Å². The van der Waals surface area contributed by atoms with E-state index in [1.165, 1.54) is 21.5 Å². The van der Waals surface area contributed by atoms with Crippen molar-refractivity contribution in [1.29, 1.82) is 0 Å². The summed E-state index contributed by atoms with van der Waals surface area (Å²) in [6.45, 7) is 0. The Morgan fingerprint density at radius 1 is 0.464 bits per heavy atom. The average molecular weight is 718 g/mol. The van der Waals surface area contributed by atoms with Gasteiger partial charge in [-0.05, 0) is 85.9 Å². The number of benzene rings is 8. The average Bonchev–Trinajstić information content (AvgIpc) is 3.83. The van der Waals surface area contributed by atoms with Gasteiger partial charge in [0.05, 0.1) is 5.92 Å². The van der Waals surface area contributed by atoms with Crippen LogP contribution in [0.4, 0.5) is 0 Å². The minimum absolute atomic E-state index is 0.110. The largest absolute Gasteiger partial charge is 0.485 e. The van der Waals surface area contributed by atoms with E-state index in [1.54, 1.807) is 0 Å². The van der Waals surface area contributed by atoms with Crippen molar-refractivity contribution in [3.8, 4) is 28.5 Å². The molecule has 1 aliphatic heterocycles. The molecular weight excluding hydrogens is 687 g/mol. The van der Waals surface area contributed by atoms with E-state index in [0.717, 1.165) is 71.9 Å². The molecule has 262 valence electrons. The predicted molar refractivity (Wildman–Crippen MR) is 226 cm³/mol. The second-order valence-corrected chi connectivity index (χ2v) is 14.7. The van der Waals surface area contributed by atoms with Crippen LogP contribution in [0, 0.1) is 0 Å². The van der Waals surface area contributed by atoms with Crippen molar-refractivity contribution < 1.29 is 9.15 Å². The highest BCUT2D eigenvalue weighted by molar-refractivity contribution is 6.15.